The Bertz CT molecular complexity index is 256. The third-order valence-corrected chi connectivity index (χ3v) is 1.40. The summed E-state index contributed by atoms with van der Waals surface area (Å²) in [6.45, 7) is 0. The van der Waals surface area contributed by atoms with Crippen LogP contribution in [0.1, 0.15) is 5.56 Å². The molecule has 0 heterocycles. The van der Waals surface area contributed by atoms with Gasteiger partial charge in [-0.2, -0.15) is 17.6 Å². The van der Waals surface area contributed by atoms with Gasteiger partial charge in [0.25, 0.3) is 0 Å². The highest BCUT2D eigenvalue weighted by atomic mass is 19.3. The quantitative estimate of drug-likeness (QED) is 0.641. The second-order valence-corrected chi connectivity index (χ2v) is 2.44. The van der Waals surface area contributed by atoms with Gasteiger partial charge in [-0.25, -0.2) is 0 Å². The predicted molar refractivity (Wildman–Crippen MR) is 40.3 cm³/mol. The Morgan fingerprint density at radius 1 is 1.08 bits per heavy atom. The van der Waals surface area contributed by atoms with Gasteiger partial charge in [0.15, 0.2) is 0 Å². The summed E-state index contributed by atoms with van der Waals surface area (Å²) in [6.07, 6.45) is -2.67. The van der Waals surface area contributed by atoms with Crippen molar-refractivity contribution in [1.29, 1.82) is 0 Å². The monoisotopic (exact) mass is 190 g/mol. The van der Waals surface area contributed by atoms with E-state index in [1.54, 1.807) is 6.07 Å². The first-order valence-electron chi connectivity index (χ1n) is 3.49. The van der Waals surface area contributed by atoms with E-state index in [4.69, 9.17) is 0 Å². The standard InChI is InChI=1S/C9H6F4/c10-8(11)9(12,13)6-7-4-2-1-3-5-7/h1-6H. The largest absolute Gasteiger partial charge is 0.378 e. The van der Waals surface area contributed by atoms with E-state index in [1.165, 1.54) is 24.3 Å². The molecule has 0 N–H and O–H groups in total. The summed E-state index contributed by atoms with van der Waals surface area (Å²) in [7, 11) is 0. The fourth-order valence-corrected chi connectivity index (χ4v) is 0.813. The van der Waals surface area contributed by atoms with Crippen molar-refractivity contribution in [3.63, 3.8) is 0 Å². The van der Waals surface area contributed by atoms with Crippen molar-refractivity contribution >= 4 is 0 Å². The number of hydrogen-bond acceptors (Lipinski definition) is 0. The van der Waals surface area contributed by atoms with Gasteiger partial charge < -0.3 is 0 Å². The molecule has 2 radical (unpaired) electrons. The second-order valence-electron chi connectivity index (χ2n) is 2.44. The molecule has 1 aromatic rings. The number of benzene rings is 1. The Hall–Kier alpha value is -1.06. The maximum Gasteiger partial charge on any atom is 0.378 e. The van der Waals surface area contributed by atoms with E-state index in [1.807, 2.05) is 0 Å². The molecule has 0 aliphatic rings. The highest BCUT2D eigenvalue weighted by Crippen LogP contribution is 2.33. The first kappa shape index (κ1) is 10.0. The SMILES string of the molecule is F[C](F)C(F)(F)[CH]c1ccccc1. The Morgan fingerprint density at radius 3 is 2.08 bits per heavy atom. The normalized spacial score (nSPS) is 12.1. The zero-order chi connectivity index (χ0) is 9.90. The molecule has 0 aliphatic carbocycles. The van der Waals surface area contributed by atoms with Gasteiger partial charge in [0.1, 0.15) is 0 Å². The van der Waals surface area contributed by atoms with Crippen LogP contribution in [0.2, 0.25) is 0 Å². The maximum atomic E-state index is 12.4. The Morgan fingerprint density at radius 2 is 1.62 bits per heavy atom. The summed E-state index contributed by atoms with van der Waals surface area (Å²) in [6, 6.07) is 7.27. The molecule has 70 valence electrons. The van der Waals surface area contributed by atoms with Crippen LogP contribution in [0, 0.1) is 12.8 Å². The summed E-state index contributed by atoms with van der Waals surface area (Å²) in [5.41, 5.74) is 0.0697. The van der Waals surface area contributed by atoms with Crippen molar-refractivity contribution < 1.29 is 17.6 Å². The average molecular weight is 190 g/mol. The van der Waals surface area contributed by atoms with Crippen molar-refractivity contribution in [1.82, 2.24) is 0 Å². The van der Waals surface area contributed by atoms with E-state index in [0.717, 1.165) is 0 Å². The minimum absolute atomic E-state index is 0.0697. The summed E-state index contributed by atoms with van der Waals surface area (Å²) in [4.78, 5) is 0. The Kier molecular flexibility index (Phi) is 2.90. The van der Waals surface area contributed by atoms with E-state index < -0.39 is 12.3 Å². The second kappa shape index (κ2) is 3.77. The summed E-state index contributed by atoms with van der Waals surface area (Å²) < 4.78 is 48.0. The zero-order valence-corrected chi connectivity index (χ0v) is 6.48. The maximum absolute atomic E-state index is 12.4. The molecule has 0 aromatic heterocycles. The van der Waals surface area contributed by atoms with Crippen LogP contribution in [0.5, 0.6) is 0 Å². The molecule has 0 fully saturated rings. The van der Waals surface area contributed by atoms with Gasteiger partial charge in [0.2, 0.25) is 0 Å². The molecule has 0 saturated carbocycles. The molecule has 1 rings (SSSR count). The van der Waals surface area contributed by atoms with Crippen molar-refractivity contribution in [3.8, 4) is 0 Å². The molecule has 0 atom stereocenters. The average Bonchev–Trinajstić information content (AvgIpc) is 2.05. The first-order valence-corrected chi connectivity index (χ1v) is 3.49. The van der Waals surface area contributed by atoms with Crippen LogP contribution < -0.4 is 0 Å². The molecule has 0 aliphatic heterocycles. The highest BCUT2D eigenvalue weighted by molar-refractivity contribution is 5.27. The lowest BCUT2D eigenvalue weighted by atomic mass is 10.1. The van der Waals surface area contributed by atoms with Crippen LogP contribution >= 0.6 is 0 Å². The minimum atomic E-state index is -4.14. The van der Waals surface area contributed by atoms with Gasteiger partial charge in [-0.15, -0.1) is 0 Å². The van der Waals surface area contributed by atoms with E-state index in [2.05, 4.69) is 0 Å². The van der Waals surface area contributed by atoms with Gasteiger partial charge in [-0.3, -0.25) is 0 Å². The molecular weight excluding hydrogens is 184 g/mol. The Labute approximate surface area is 73.2 Å². The minimum Gasteiger partial charge on any atom is -0.199 e. The van der Waals surface area contributed by atoms with Gasteiger partial charge in [0, 0.05) is 0 Å². The fraction of sp³-hybridized carbons (Fsp3) is 0.111. The van der Waals surface area contributed by atoms with Gasteiger partial charge in [-0.05, 0) is 5.56 Å². The highest BCUT2D eigenvalue weighted by Gasteiger charge is 2.43. The third kappa shape index (κ3) is 2.72. The van der Waals surface area contributed by atoms with Gasteiger partial charge in [0.05, 0.1) is 6.42 Å². The van der Waals surface area contributed by atoms with E-state index in [0.29, 0.717) is 0 Å². The summed E-state index contributed by atoms with van der Waals surface area (Å²) in [5, 5.41) is 0. The molecule has 1 aromatic carbocycles. The van der Waals surface area contributed by atoms with E-state index in [-0.39, 0.29) is 12.0 Å². The van der Waals surface area contributed by atoms with E-state index in [9.17, 15) is 17.6 Å². The molecule has 4 heteroatoms. The molecule has 0 saturated heterocycles. The zero-order valence-electron chi connectivity index (χ0n) is 6.48. The smallest absolute Gasteiger partial charge is 0.199 e. The molecule has 0 unspecified atom stereocenters. The summed E-state index contributed by atoms with van der Waals surface area (Å²) in [5.74, 6) is -4.14. The third-order valence-electron chi connectivity index (χ3n) is 1.40. The molecule has 0 spiro atoms. The topological polar surface area (TPSA) is 0 Å². The number of rotatable bonds is 3. The van der Waals surface area contributed by atoms with Crippen molar-refractivity contribution in [2.75, 3.05) is 0 Å². The summed E-state index contributed by atoms with van der Waals surface area (Å²) >= 11 is 0. The Balaban J connectivity index is 2.69. The first-order chi connectivity index (χ1) is 6.02. The lowest BCUT2D eigenvalue weighted by molar-refractivity contribution is -0.0277. The predicted octanol–water partition coefficient (Wildman–Crippen LogP) is 3.30. The molecule has 0 nitrogen and oxygen atoms in total. The van der Waals surface area contributed by atoms with Gasteiger partial charge in [-0.1, -0.05) is 30.3 Å². The van der Waals surface area contributed by atoms with Crippen molar-refractivity contribution in [2.45, 2.75) is 5.92 Å². The van der Waals surface area contributed by atoms with Crippen LogP contribution in [0.25, 0.3) is 0 Å². The van der Waals surface area contributed by atoms with Crippen LogP contribution in [-0.2, 0) is 0 Å². The van der Waals surface area contributed by atoms with Crippen molar-refractivity contribution in [3.05, 3.63) is 48.7 Å². The van der Waals surface area contributed by atoms with Crippen LogP contribution in [-0.4, -0.2) is 5.92 Å². The lowest BCUT2D eigenvalue weighted by Gasteiger charge is -2.12. The number of hydrogen-bond donors (Lipinski definition) is 0. The fourth-order valence-electron chi connectivity index (χ4n) is 0.813. The van der Waals surface area contributed by atoms with Gasteiger partial charge >= 0.3 is 12.3 Å². The lowest BCUT2D eigenvalue weighted by Crippen LogP contribution is -2.21. The number of alkyl halides is 2. The molecule has 0 amide bonds. The van der Waals surface area contributed by atoms with Crippen LogP contribution in [0.4, 0.5) is 17.6 Å². The van der Waals surface area contributed by atoms with E-state index >= 15 is 0 Å². The molecular formula is C9H6F4. The van der Waals surface area contributed by atoms with Crippen LogP contribution in [0.3, 0.4) is 0 Å². The number of halogens is 4. The van der Waals surface area contributed by atoms with Crippen LogP contribution in [0.15, 0.2) is 30.3 Å². The molecule has 0 bridgehead atoms. The van der Waals surface area contributed by atoms with Crippen molar-refractivity contribution in [2.24, 2.45) is 0 Å². The molecule has 13 heavy (non-hydrogen) atoms.